The van der Waals surface area contributed by atoms with Crippen LogP contribution in [0, 0.1) is 5.92 Å². The van der Waals surface area contributed by atoms with Crippen LogP contribution in [-0.2, 0) is 6.54 Å². The van der Waals surface area contributed by atoms with Crippen LogP contribution in [0.15, 0.2) is 11.6 Å². The maximum atomic E-state index is 5.84. The molecular formula is C12H20N4S. The normalized spacial score (nSPS) is 13.2. The van der Waals surface area contributed by atoms with E-state index in [9.17, 15) is 0 Å². The average Bonchev–Trinajstić information content (AvgIpc) is 2.87. The van der Waals surface area contributed by atoms with Crippen LogP contribution < -0.4 is 10.6 Å². The number of nitrogens with zero attached hydrogens (tertiary/aromatic N) is 3. The molecule has 0 amide bonds. The molecule has 1 unspecified atom stereocenters. The van der Waals surface area contributed by atoms with E-state index in [0.717, 1.165) is 23.0 Å². The molecule has 0 aliphatic carbocycles. The van der Waals surface area contributed by atoms with Gasteiger partial charge in [-0.25, -0.2) is 4.98 Å². The highest BCUT2D eigenvalue weighted by molar-refractivity contribution is 7.15. The average molecular weight is 252 g/mol. The minimum Gasteiger partial charge on any atom is -0.358 e. The summed E-state index contributed by atoms with van der Waals surface area (Å²) in [6.45, 7) is 6.03. The van der Waals surface area contributed by atoms with E-state index in [4.69, 9.17) is 5.73 Å². The van der Waals surface area contributed by atoms with Crippen molar-refractivity contribution in [3.05, 3.63) is 17.3 Å². The fourth-order valence-corrected chi connectivity index (χ4v) is 2.73. The van der Waals surface area contributed by atoms with Crippen molar-refractivity contribution in [2.45, 2.75) is 26.8 Å². The first-order valence-electron chi connectivity index (χ1n) is 6.03. The van der Waals surface area contributed by atoms with Gasteiger partial charge in [-0.2, -0.15) is 0 Å². The number of fused-ring (bicyclic) bond motifs is 1. The maximum Gasteiger partial charge on any atom is 0.195 e. The molecular weight excluding hydrogens is 232 g/mol. The molecule has 0 aromatic carbocycles. The predicted molar refractivity (Wildman–Crippen MR) is 73.7 cm³/mol. The Morgan fingerprint density at radius 2 is 2.35 bits per heavy atom. The van der Waals surface area contributed by atoms with Crippen molar-refractivity contribution in [1.29, 1.82) is 0 Å². The fraction of sp³-hybridized carbons (Fsp3) is 0.583. The Kier molecular flexibility index (Phi) is 3.69. The van der Waals surface area contributed by atoms with Crippen LogP contribution in [-0.4, -0.2) is 23.0 Å². The van der Waals surface area contributed by atoms with Gasteiger partial charge in [0.2, 0.25) is 0 Å². The Morgan fingerprint density at radius 3 is 3.00 bits per heavy atom. The third kappa shape index (κ3) is 2.30. The molecule has 0 spiro atoms. The highest BCUT2D eigenvalue weighted by Gasteiger charge is 2.16. The van der Waals surface area contributed by atoms with Crippen molar-refractivity contribution < 1.29 is 0 Å². The van der Waals surface area contributed by atoms with E-state index < -0.39 is 0 Å². The quantitative estimate of drug-likeness (QED) is 0.888. The van der Waals surface area contributed by atoms with E-state index in [1.807, 2.05) is 11.6 Å². The summed E-state index contributed by atoms with van der Waals surface area (Å²) in [4.78, 5) is 7.90. The van der Waals surface area contributed by atoms with E-state index in [1.165, 1.54) is 6.42 Å². The van der Waals surface area contributed by atoms with E-state index in [-0.39, 0.29) is 0 Å². The number of imidazole rings is 1. The Hall–Kier alpha value is -1.07. The second-order valence-electron chi connectivity index (χ2n) is 4.54. The lowest BCUT2D eigenvalue weighted by molar-refractivity contribution is 0.557. The zero-order valence-electron chi connectivity index (χ0n) is 10.7. The smallest absolute Gasteiger partial charge is 0.195 e. The lowest BCUT2D eigenvalue weighted by Crippen LogP contribution is -2.25. The summed E-state index contributed by atoms with van der Waals surface area (Å²) in [6.07, 6.45) is 3.22. The van der Waals surface area contributed by atoms with Crippen LogP contribution in [0.1, 0.15) is 26.0 Å². The zero-order valence-corrected chi connectivity index (χ0v) is 11.5. The molecule has 1 atom stereocenters. The SMILES string of the molecule is CCC(C)CN(C)c1nc2sccn2c1CN. The molecule has 2 rings (SSSR count). The largest absolute Gasteiger partial charge is 0.358 e. The number of hydrogen-bond acceptors (Lipinski definition) is 4. The zero-order chi connectivity index (χ0) is 12.4. The molecule has 4 nitrogen and oxygen atoms in total. The first-order chi connectivity index (χ1) is 8.17. The molecule has 2 N–H and O–H groups in total. The molecule has 0 aliphatic heterocycles. The number of hydrogen-bond donors (Lipinski definition) is 1. The monoisotopic (exact) mass is 252 g/mol. The van der Waals surface area contributed by atoms with Crippen LogP contribution in [0.3, 0.4) is 0 Å². The van der Waals surface area contributed by atoms with Gasteiger partial charge < -0.3 is 10.6 Å². The van der Waals surface area contributed by atoms with Gasteiger partial charge in [0.05, 0.1) is 5.69 Å². The molecule has 0 fully saturated rings. The molecule has 2 aromatic rings. The topological polar surface area (TPSA) is 46.6 Å². The second-order valence-corrected chi connectivity index (χ2v) is 5.41. The highest BCUT2D eigenvalue weighted by atomic mass is 32.1. The molecule has 0 radical (unpaired) electrons. The van der Waals surface area contributed by atoms with E-state index in [1.54, 1.807) is 11.3 Å². The molecule has 0 saturated heterocycles. The standard InChI is InChI=1S/C12H20N4S/c1-4-9(2)8-15(3)11-10(7-13)16-5-6-17-12(16)14-11/h5-6,9H,4,7-8,13H2,1-3H3. The Bertz CT molecular complexity index is 488. The van der Waals surface area contributed by atoms with Crippen LogP contribution in [0.2, 0.25) is 0 Å². The van der Waals surface area contributed by atoms with Gasteiger partial charge in [0.15, 0.2) is 10.8 Å². The van der Waals surface area contributed by atoms with Crippen molar-refractivity contribution >= 4 is 22.1 Å². The van der Waals surface area contributed by atoms with Crippen molar-refractivity contribution in [2.24, 2.45) is 11.7 Å². The van der Waals surface area contributed by atoms with Crippen molar-refractivity contribution in [3.63, 3.8) is 0 Å². The summed E-state index contributed by atoms with van der Waals surface area (Å²) in [5.41, 5.74) is 6.94. The summed E-state index contributed by atoms with van der Waals surface area (Å²) in [7, 11) is 2.10. The van der Waals surface area contributed by atoms with Crippen molar-refractivity contribution in [3.8, 4) is 0 Å². The van der Waals surface area contributed by atoms with Gasteiger partial charge in [0.25, 0.3) is 0 Å². The third-order valence-corrected chi connectivity index (χ3v) is 3.93. The Balaban J connectivity index is 2.30. The van der Waals surface area contributed by atoms with Crippen LogP contribution >= 0.6 is 11.3 Å². The van der Waals surface area contributed by atoms with Gasteiger partial charge in [0, 0.05) is 31.7 Å². The molecule has 94 valence electrons. The molecule has 17 heavy (non-hydrogen) atoms. The van der Waals surface area contributed by atoms with Crippen molar-refractivity contribution in [2.75, 3.05) is 18.5 Å². The number of rotatable bonds is 5. The Morgan fingerprint density at radius 1 is 1.59 bits per heavy atom. The lowest BCUT2D eigenvalue weighted by atomic mass is 10.1. The molecule has 2 aromatic heterocycles. The molecule has 5 heteroatoms. The number of aromatic nitrogens is 2. The third-order valence-electron chi connectivity index (χ3n) is 3.18. The number of anilines is 1. The fourth-order valence-electron chi connectivity index (χ4n) is 2.00. The molecule has 0 bridgehead atoms. The minimum absolute atomic E-state index is 0.526. The lowest BCUT2D eigenvalue weighted by Gasteiger charge is -2.21. The van der Waals surface area contributed by atoms with Gasteiger partial charge in [-0.05, 0) is 5.92 Å². The second kappa shape index (κ2) is 5.06. The van der Waals surface area contributed by atoms with E-state index >= 15 is 0 Å². The van der Waals surface area contributed by atoms with E-state index in [0.29, 0.717) is 12.5 Å². The van der Waals surface area contributed by atoms with Crippen molar-refractivity contribution in [1.82, 2.24) is 9.38 Å². The van der Waals surface area contributed by atoms with E-state index in [2.05, 4.69) is 35.2 Å². The molecule has 0 aliphatic rings. The van der Waals surface area contributed by atoms with Gasteiger partial charge >= 0.3 is 0 Å². The summed E-state index contributed by atoms with van der Waals surface area (Å²) >= 11 is 1.65. The van der Waals surface area contributed by atoms with Gasteiger partial charge in [0.1, 0.15) is 0 Å². The van der Waals surface area contributed by atoms with Gasteiger partial charge in [-0.1, -0.05) is 20.3 Å². The van der Waals surface area contributed by atoms with Crippen LogP contribution in [0.25, 0.3) is 4.96 Å². The summed E-state index contributed by atoms with van der Waals surface area (Å²) in [6, 6.07) is 0. The highest BCUT2D eigenvalue weighted by Crippen LogP contribution is 2.24. The summed E-state index contributed by atoms with van der Waals surface area (Å²) in [5, 5.41) is 2.04. The summed E-state index contributed by atoms with van der Waals surface area (Å²) < 4.78 is 2.09. The molecule has 2 heterocycles. The minimum atomic E-state index is 0.526. The number of thiazole rings is 1. The predicted octanol–water partition coefficient (Wildman–Crippen LogP) is 2.34. The first kappa shape index (κ1) is 12.4. The van der Waals surface area contributed by atoms with Gasteiger partial charge in [-0.15, -0.1) is 11.3 Å². The van der Waals surface area contributed by atoms with Crippen LogP contribution in [0.4, 0.5) is 5.82 Å². The maximum absolute atomic E-state index is 5.84. The summed E-state index contributed by atoms with van der Waals surface area (Å²) in [5.74, 6) is 1.70. The molecule has 0 saturated carbocycles. The van der Waals surface area contributed by atoms with Crippen LogP contribution in [0.5, 0.6) is 0 Å². The first-order valence-corrected chi connectivity index (χ1v) is 6.91. The van der Waals surface area contributed by atoms with Gasteiger partial charge in [-0.3, -0.25) is 4.40 Å². The number of nitrogens with two attached hydrogens (primary N) is 1. The Labute approximate surface area is 106 Å².